The lowest BCUT2D eigenvalue weighted by molar-refractivity contribution is -0.136. The predicted molar refractivity (Wildman–Crippen MR) is 116 cm³/mol. The van der Waals surface area contributed by atoms with E-state index in [-0.39, 0.29) is 18.7 Å². The minimum atomic E-state index is -0.925. The van der Waals surface area contributed by atoms with Crippen LogP contribution in [0.15, 0.2) is 18.2 Å². The molecular weight excluding hydrogens is 408 g/mol. The first-order valence-corrected chi connectivity index (χ1v) is 11.8. The number of fused-ring (bicyclic) bond motifs is 2. The SMILES string of the molecule is O=C1CCC(N2C(=O)c3ccc(N4CCCC(C56CCC5CCN6)C4)cc3C2=O)C(=O)N1. The van der Waals surface area contributed by atoms with E-state index in [1.165, 1.54) is 25.7 Å². The van der Waals surface area contributed by atoms with Crippen molar-refractivity contribution in [2.24, 2.45) is 11.8 Å². The van der Waals surface area contributed by atoms with E-state index in [9.17, 15) is 19.2 Å². The molecule has 4 heterocycles. The molecule has 8 nitrogen and oxygen atoms in total. The van der Waals surface area contributed by atoms with Gasteiger partial charge in [-0.1, -0.05) is 0 Å². The Balaban J connectivity index is 1.24. The van der Waals surface area contributed by atoms with Crippen LogP contribution in [0.2, 0.25) is 0 Å². The largest absolute Gasteiger partial charge is 0.371 e. The van der Waals surface area contributed by atoms with Gasteiger partial charge >= 0.3 is 0 Å². The van der Waals surface area contributed by atoms with Gasteiger partial charge in [0.05, 0.1) is 11.1 Å². The Labute approximate surface area is 186 Å². The summed E-state index contributed by atoms with van der Waals surface area (Å²) in [6.45, 7) is 3.02. The van der Waals surface area contributed by atoms with Gasteiger partial charge in [0.25, 0.3) is 11.8 Å². The van der Waals surface area contributed by atoms with Crippen molar-refractivity contribution in [2.45, 2.75) is 56.5 Å². The van der Waals surface area contributed by atoms with Crippen LogP contribution in [-0.4, -0.2) is 59.7 Å². The lowest BCUT2D eigenvalue weighted by Crippen LogP contribution is -2.61. The van der Waals surface area contributed by atoms with E-state index in [0.29, 0.717) is 22.6 Å². The van der Waals surface area contributed by atoms with Gasteiger partial charge in [-0.05, 0) is 75.1 Å². The quantitative estimate of drug-likeness (QED) is 0.696. The second-order valence-electron chi connectivity index (χ2n) is 9.95. The minimum absolute atomic E-state index is 0.126. The van der Waals surface area contributed by atoms with Crippen molar-refractivity contribution in [1.29, 1.82) is 0 Å². The Morgan fingerprint density at radius 3 is 2.53 bits per heavy atom. The van der Waals surface area contributed by atoms with Crippen LogP contribution < -0.4 is 15.5 Å². The molecule has 1 aromatic rings. The van der Waals surface area contributed by atoms with Crippen LogP contribution in [0.1, 0.15) is 65.7 Å². The van der Waals surface area contributed by atoms with Gasteiger partial charge in [0.1, 0.15) is 6.04 Å². The number of nitrogens with zero attached hydrogens (tertiary/aromatic N) is 2. The van der Waals surface area contributed by atoms with Crippen molar-refractivity contribution >= 4 is 29.3 Å². The number of benzene rings is 1. The molecule has 4 unspecified atom stereocenters. The number of hydrogen-bond donors (Lipinski definition) is 2. The molecule has 1 aliphatic carbocycles. The monoisotopic (exact) mass is 436 g/mol. The van der Waals surface area contributed by atoms with Crippen molar-refractivity contribution in [3.05, 3.63) is 29.3 Å². The Kier molecular flexibility index (Phi) is 4.44. The van der Waals surface area contributed by atoms with Crippen LogP contribution in [0.25, 0.3) is 0 Å². The zero-order chi connectivity index (χ0) is 22.0. The molecule has 2 N–H and O–H groups in total. The van der Waals surface area contributed by atoms with Gasteiger partial charge in [-0.25, -0.2) is 0 Å². The number of piperidine rings is 2. The number of carbonyl (C=O) groups excluding carboxylic acids is 4. The summed E-state index contributed by atoms with van der Waals surface area (Å²) in [5.41, 5.74) is 1.96. The van der Waals surface area contributed by atoms with E-state index in [1.54, 1.807) is 6.07 Å². The maximum atomic E-state index is 13.2. The third kappa shape index (κ3) is 2.78. The molecule has 0 radical (unpaired) electrons. The predicted octanol–water partition coefficient (Wildman–Crippen LogP) is 1.45. The molecule has 168 valence electrons. The van der Waals surface area contributed by atoms with Crippen LogP contribution in [0, 0.1) is 11.8 Å². The normalized spacial score (nSPS) is 34.3. The third-order valence-electron chi connectivity index (χ3n) is 8.52. The van der Waals surface area contributed by atoms with Gasteiger partial charge in [0.15, 0.2) is 0 Å². The summed E-state index contributed by atoms with van der Waals surface area (Å²) in [6.07, 6.45) is 6.51. The van der Waals surface area contributed by atoms with Crippen molar-refractivity contribution in [1.82, 2.24) is 15.5 Å². The van der Waals surface area contributed by atoms with Crippen LogP contribution >= 0.6 is 0 Å². The standard InChI is InChI=1S/C24H28N4O4/c29-20-6-5-19(21(30)26-20)28-22(31)17-4-3-16(12-18(17)23(28)32)27-11-1-2-15(13-27)24-9-7-14(24)8-10-25-24/h3-4,12,14-15,19,25H,1-2,5-11,13H2,(H,26,29,30). The zero-order valence-corrected chi connectivity index (χ0v) is 18.1. The lowest BCUT2D eigenvalue weighted by atomic mass is 9.59. The molecule has 0 bridgehead atoms. The summed E-state index contributed by atoms with van der Waals surface area (Å²) in [6, 6.07) is 4.55. The molecule has 1 aromatic carbocycles. The molecule has 8 heteroatoms. The molecule has 0 aromatic heterocycles. The van der Waals surface area contributed by atoms with Crippen molar-refractivity contribution < 1.29 is 19.2 Å². The second kappa shape index (κ2) is 7.13. The molecule has 4 aliphatic heterocycles. The van der Waals surface area contributed by atoms with Crippen LogP contribution in [0.3, 0.4) is 0 Å². The van der Waals surface area contributed by atoms with E-state index in [2.05, 4.69) is 15.5 Å². The summed E-state index contributed by atoms with van der Waals surface area (Å²) >= 11 is 0. The summed E-state index contributed by atoms with van der Waals surface area (Å²) < 4.78 is 0. The van der Waals surface area contributed by atoms with Crippen LogP contribution in [0.4, 0.5) is 5.69 Å². The van der Waals surface area contributed by atoms with Crippen LogP contribution in [-0.2, 0) is 9.59 Å². The average Bonchev–Trinajstić information content (AvgIpc) is 3.21. The first kappa shape index (κ1) is 19.9. The Bertz CT molecular complexity index is 1040. The Morgan fingerprint density at radius 1 is 0.938 bits per heavy atom. The number of hydrogen-bond acceptors (Lipinski definition) is 6. The molecule has 3 saturated heterocycles. The van der Waals surface area contributed by atoms with E-state index in [0.717, 1.165) is 42.6 Å². The highest BCUT2D eigenvalue weighted by atomic mass is 16.2. The summed E-state index contributed by atoms with van der Waals surface area (Å²) in [5, 5.41) is 6.06. The van der Waals surface area contributed by atoms with Crippen molar-refractivity contribution in [3.63, 3.8) is 0 Å². The molecule has 5 aliphatic rings. The van der Waals surface area contributed by atoms with Gasteiger partial charge in [0, 0.05) is 30.7 Å². The molecule has 6 rings (SSSR count). The second-order valence-corrected chi connectivity index (χ2v) is 9.95. The minimum Gasteiger partial charge on any atom is -0.371 e. The highest BCUT2D eigenvalue weighted by molar-refractivity contribution is 6.23. The maximum absolute atomic E-state index is 13.2. The topological polar surface area (TPSA) is 98.8 Å². The van der Waals surface area contributed by atoms with E-state index < -0.39 is 23.8 Å². The molecule has 4 amide bonds. The fraction of sp³-hybridized carbons (Fsp3) is 0.583. The number of amides is 4. The highest BCUT2D eigenvalue weighted by Crippen LogP contribution is 2.51. The van der Waals surface area contributed by atoms with Crippen molar-refractivity contribution in [2.75, 3.05) is 24.5 Å². The first-order chi connectivity index (χ1) is 15.5. The number of rotatable bonds is 3. The molecule has 1 saturated carbocycles. The number of imide groups is 2. The summed E-state index contributed by atoms with van der Waals surface area (Å²) in [7, 11) is 0. The fourth-order valence-electron chi connectivity index (χ4n) is 6.74. The molecule has 32 heavy (non-hydrogen) atoms. The molecule has 4 fully saturated rings. The Morgan fingerprint density at radius 2 is 1.78 bits per heavy atom. The summed E-state index contributed by atoms with van der Waals surface area (Å²) in [5.74, 6) is -0.432. The van der Waals surface area contributed by atoms with E-state index in [4.69, 9.17) is 0 Å². The average molecular weight is 437 g/mol. The molecule has 4 atom stereocenters. The van der Waals surface area contributed by atoms with Gasteiger partial charge in [0.2, 0.25) is 11.8 Å². The number of carbonyl (C=O) groups is 4. The van der Waals surface area contributed by atoms with Crippen molar-refractivity contribution in [3.8, 4) is 0 Å². The zero-order valence-electron chi connectivity index (χ0n) is 18.1. The Hall–Kier alpha value is -2.74. The van der Waals surface area contributed by atoms with Gasteiger partial charge in [-0.15, -0.1) is 0 Å². The first-order valence-electron chi connectivity index (χ1n) is 11.8. The van der Waals surface area contributed by atoms with Gasteiger partial charge in [-0.2, -0.15) is 0 Å². The number of anilines is 1. The molecule has 0 spiro atoms. The van der Waals surface area contributed by atoms with Gasteiger partial charge in [-0.3, -0.25) is 29.4 Å². The smallest absolute Gasteiger partial charge is 0.262 e. The maximum Gasteiger partial charge on any atom is 0.262 e. The van der Waals surface area contributed by atoms with E-state index in [1.807, 2.05) is 12.1 Å². The fourth-order valence-corrected chi connectivity index (χ4v) is 6.74. The lowest BCUT2D eigenvalue weighted by Gasteiger charge is -2.53. The summed E-state index contributed by atoms with van der Waals surface area (Å²) in [4.78, 5) is 53.3. The van der Waals surface area contributed by atoms with Gasteiger partial charge < -0.3 is 10.2 Å². The van der Waals surface area contributed by atoms with E-state index >= 15 is 0 Å². The molecular formula is C24H28N4O4. The third-order valence-corrected chi connectivity index (χ3v) is 8.52. The number of nitrogens with one attached hydrogen (secondary N) is 2. The van der Waals surface area contributed by atoms with Crippen LogP contribution in [0.5, 0.6) is 0 Å². The highest BCUT2D eigenvalue weighted by Gasteiger charge is 2.54.